The van der Waals surface area contributed by atoms with Gasteiger partial charge in [-0.15, -0.1) is 0 Å². The van der Waals surface area contributed by atoms with Crippen molar-refractivity contribution in [2.45, 2.75) is 18.5 Å². The zero-order chi connectivity index (χ0) is 20.0. The van der Waals surface area contributed by atoms with Gasteiger partial charge in [0.2, 0.25) is 5.91 Å². The lowest BCUT2D eigenvalue weighted by Gasteiger charge is -2.20. The van der Waals surface area contributed by atoms with Gasteiger partial charge < -0.3 is 9.64 Å². The summed E-state index contributed by atoms with van der Waals surface area (Å²) in [5, 5.41) is 0. The molecule has 1 amide bonds. The van der Waals surface area contributed by atoms with Crippen LogP contribution in [0.2, 0.25) is 0 Å². The summed E-state index contributed by atoms with van der Waals surface area (Å²) in [6, 6.07) is 12.1. The Morgan fingerprint density at radius 2 is 1.74 bits per heavy atom. The molecule has 0 spiro atoms. The first kappa shape index (κ1) is 20.4. The Morgan fingerprint density at radius 3 is 2.33 bits per heavy atom. The van der Waals surface area contributed by atoms with E-state index in [2.05, 4.69) is 4.98 Å². The fourth-order valence-electron chi connectivity index (χ4n) is 2.42. The predicted octanol–water partition coefficient (Wildman–Crippen LogP) is 3.06. The molecule has 0 aliphatic heterocycles. The van der Waals surface area contributed by atoms with Crippen LogP contribution in [-0.2, 0) is 26.9 Å². The molecular formula is C19H19F3N2O3. The van der Waals surface area contributed by atoms with E-state index in [0.29, 0.717) is 5.56 Å². The van der Waals surface area contributed by atoms with E-state index in [9.17, 15) is 22.8 Å². The van der Waals surface area contributed by atoms with E-state index in [0.717, 1.165) is 6.07 Å². The van der Waals surface area contributed by atoms with Crippen LogP contribution in [-0.4, -0.2) is 42.5 Å². The molecule has 1 aromatic heterocycles. The number of ether oxygens (including phenoxy) is 1. The highest BCUT2D eigenvalue weighted by atomic mass is 19.4. The van der Waals surface area contributed by atoms with Crippen LogP contribution in [0.15, 0.2) is 48.5 Å². The van der Waals surface area contributed by atoms with E-state index in [4.69, 9.17) is 4.74 Å². The molecule has 5 nitrogen and oxygen atoms in total. The molecule has 1 aromatic carbocycles. The number of nitrogens with zero attached hydrogens (tertiary/aromatic N) is 2. The minimum Gasteiger partial charge on any atom is -0.464 e. The largest absolute Gasteiger partial charge is 0.464 e. The van der Waals surface area contributed by atoms with Crippen molar-refractivity contribution in [3.8, 4) is 0 Å². The number of aromatic nitrogens is 1. The SMILES string of the molecule is CN(C)C(=O)C(COC(=O)Cc1cccc(C(F)(F)F)n1)c1ccccc1. The van der Waals surface area contributed by atoms with Crippen molar-refractivity contribution < 1.29 is 27.5 Å². The van der Waals surface area contributed by atoms with E-state index in [1.165, 1.54) is 17.0 Å². The first-order chi connectivity index (χ1) is 12.7. The molecule has 0 radical (unpaired) electrons. The topological polar surface area (TPSA) is 59.5 Å². The number of amides is 1. The molecule has 27 heavy (non-hydrogen) atoms. The molecule has 8 heteroatoms. The number of hydrogen-bond acceptors (Lipinski definition) is 4. The number of rotatable bonds is 6. The number of alkyl halides is 3. The second-order valence-electron chi connectivity index (χ2n) is 6.07. The van der Waals surface area contributed by atoms with Crippen molar-refractivity contribution in [1.82, 2.24) is 9.88 Å². The molecule has 1 unspecified atom stereocenters. The highest BCUT2D eigenvalue weighted by Gasteiger charge is 2.32. The van der Waals surface area contributed by atoms with Crippen molar-refractivity contribution in [1.29, 1.82) is 0 Å². The zero-order valence-electron chi connectivity index (χ0n) is 14.9. The van der Waals surface area contributed by atoms with Crippen molar-refractivity contribution in [3.05, 3.63) is 65.5 Å². The van der Waals surface area contributed by atoms with Crippen molar-refractivity contribution in [3.63, 3.8) is 0 Å². The zero-order valence-corrected chi connectivity index (χ0v) is 14.9. The second-order valence-corrected chi connectivity index (χ2v) is 6.07. The lowest BCUT2D eigenvalue weighted by Crippen LogP contribution is -2.31. The Balaban J connectivity index is 2.05. The summed E-state index contributed by atoms with van der Waals surface area (Å²) in [5.41, 5.74) is -0.441. The van der Waals surface area contributed by atoms with Gasteiger partial charge in [0.25, 0.3) is 0 Å². The fraction of sp³-hybridized carbons (Fsp3) is 0.316. The Morgan fingerprint density at radius 1 is 1.07 bits per heavy atom. The van der Waals surface area contributed by atoms with E-state index in [1.54, 1.807) is 44.4 Å². The number of benzene rings is 1. The maximum Gasteiger partial charge on any atom is 0.433 e. The summed E-state index contributed by atoms with van der Waals surface area (Å²) in [6.07, 6.45) is -5.00. The molecule has 0 saturated heterocycles. The van der Waals surface area contributed by atoms with Crippen molar-refractivity contribution >= 4 is 11.9 Å². The predicted molar refractivity (Wildman–Crippen MR) is 91.8 cm³/mol. The van der Waals surface area contributed by atoms with E-state index in [-0.39, 0.29) is 18.2 Å². The number of esters is 1. The molecule has 0 fully saturated rings. The molecule has 0 saturated carbocycles. The van der Waals surface area contributed by atoms with Gasteiger partial charge in [-0.25, -0.2) is 4.98 Å². The van der Waals surface area contributed by atoms with Crippen LogP contribution in [0.5, 0.6) is 0 Å². The molecule has 144 valence electrons. The highest BCUT2D eigenvalue weighted by Crippen LogP contribution is 2.27. The minimum atomic E-state index is -4.59. The standard InChI is InChI=1S/C19H19F3N2O3/c1-24(2)18(26)15(13-7-4-3-5-8-13)12-27-17(25)11-14-9-6-10-16(23-14)19(20,21)22/h3-10,15H,11-12H2,1-2H3. The summed E-state index contributed by atoms with van der Waals surface area (Å²) >= 11 is 0. The van der Waals surface area contributed by atoms with Crippen LogP contribution in [0.25, 0.3) is 0 Å². The van der Waals surface area contributed by atoms with Crippen molar-refractivity contribution in [2.24, 2.45) is 0 Å². The second kappa shape index (κ2) is 8.66. The Kier molecular flexibility index (Phi) is 6.55. The Bertz CT molecular complexity index is 792. The minimum absolute atomic E-state index is 0.0509. The summed E-state index contributed by atoms with van der Waals surface area (Å²) in [5.74, 6) is -1.69. The van der Waals surface area contributed by atoms with Gasteiger partial charge in [0.1, 0.15) is 12.3 Å². The molecule has 1 atom stereocenters. The van der Waals surface area contributed by atoms with Crippen LogP contribution >= 0.6 is 0 Å². The van der Waals surface area contributed by atoms with Gasteiger partial charge in [0, 0.05) is 14.1 Å². The molecule has 2 rings (SSSR count). The number of hydrogen-bond donors (Lipinski definition) is 0. The fourth-order valence-corrected chi connectivity index (χ4v) is 2.42. The van der Waals surface area contributed by atoms with E-state index in [1.807, 2.05) is 0 Å². The number of halogens is 3. The smallest absolute Gasteiger partial charge is 0.433 e. The van der Waals surface area contributed by atoms with Gasteiger partial charge in [-0.2, -0.15) is 13.2 Å². The summed E-state index contributed by atoms with van der Waals surface area (Å²) in [4.78, 5) is 29.2. The van der Waals surface area contributed by atoms with Crippen LogP contribution in [0, 0.1) is 0 Å². The summed E-state index contributed by atoms with van der Waals surface area (Å²) in [7, 11) is 3.18. The lowest BCUT2D eigenvalue weighted by atomic mass is 9.99. The molecule has 0 N–H and O–H groups in total. The number of carbonyl (C=O) groups is 2. The quantitative estimate of drug-likeness (QED) is 0.723. The van der Waals surface area contributed by atoms with Gasteiger partial charge in [0.15, 0.2) is 0 Å². The van der Waals surface area contributed by atoms with Gasteiger partial charge >= 0.3 is 12.1 Å². The van der Waals surface area contributed by atoms with Crippen LogP contribution in [0.3, 0.4) is 0 Å². The Hall–Kier alpha value is -2.90. The lowest BCUT2D eigenvalue weighted by molar-refractivity contribution is -0.146. The third-order valence-corrected chi connectivity index (χ3v) is 3.77. The average molecular weight is 380 g/mol. The van der Waals surface area contributed by atoms with Gasteiger partial charge in [-0.05, 0) is 17.7 Å². The average Bonchev–Trinajstić information content (AvgIpc) is 2.62. The monoisotopic (exact) mass is 380 g/mol. The van der Waals surface area contributed by atoms with Crippen LogP contribution in [0.4, 0.5) is 13.2 Å². The van der Waals surface area contributed by atoms with Crippen molar-refractivity contribution in [2.75, 3.05) is 20.7 Å². The summed E-state index contributed by atoms with van der Waals surface area (Å²) < 4.78 is 43.2. The van der Waals surface area contributed by atoms with E-state index >= 15 is 0 Å². The molecular weight excluding hydrogens is 361 g/mol. The highest BCUT2D eigenvalue weighted by molar-refractivity contribution is 5.84. The molecule has 0 aliphatic carbocycles. The van der Waals surface area contributed by atoms with Gasteiger partial charge in [0.05, 0.1) is 18.0 Å². The van der Waals surface area contributed by atoms with Crippen LogP contribution in [0.1, 0.15) is 22.9 Å². The third-order valence-electron chi connectivity index (χ3n) is 3.77. The number of carbonyl (C=O) groups excluding carboxylic acids is 2. The molecule has 1 heterocycles. The number of likely N-dealkylation sites (N-methyl/N-ethyl adjacent to an activating group) is 1. The first-order valence-corrected chi connectivity index (χ1v) is 8.13. The molecule has 2 aromatic rings. The molecule has 0 aliphatic rings. The normalized spacial score (nSPS) is 12.3. The van der Waals surface area contributed by atoms with Gasteiger partial charge in [-0.3, -0.25) is 9.59 Å². The number of pyridine rings is 1. The summed E-state index contributed by atoms with van der Waals surface area (Å²) in [6.45, 7) is -0.210. The first-order valence-electron chi connectivity index (χ1n) is 8.13. The molecule has 0 bridgehead atoms. The Labute approximate surface area is 154 Å². The maximum absolute atomic E-state index is 12.7. The van der Waals surface area contributed by atoms with Gasteiger partial charge in [-0.1, -0.05) is 36.4 Å². The van der Waals surface area contributed by atoms with E-state index < -0.39 is 30.2 Å². The maximum atomic E-state index is 12.7. The van der Waals surface area contributed by atoms with Crippen LogP contribution < -0.4 is 0 Å². The third kappa shape index (κ3) is 5.80.